The van der Waals surface area contributed by atoms with Crippen LogP contribution in [0.2, 0.25) is 5.02 Å². The second kappa shape index (κ2) is 10.1. The van der Waals surface area contributed by atoms with Crippen molar-refractivity contribution in [2.45, 2.75) is 35.6 Å². The molecule has 3 unspecified atom stereocenters. The molecule has 0 saturated carbocycles. The van der Waals surface area contributed by atoms with Gasteiger partial charge in [-0.2, -0.15) is 0 Å². The number of halogens is 4. The van der Waals surface area contributed by atoms with Gasteiger partial charge in [-0.25, -0.2) is 9.59 Å². The van der Waals surface area contributed by atoms with Crippen molar-refractivity contribution in [1.82, 2.24) is 4.90 Å². The lowest BCUT2D eigenvalue weighted by atomic mass is 9.76. The second-order valence-corrected chi connectivity index (χ2v) is 9.58. The second-order valence-electron chi connectivity index (χ2n) is 6.62. The van der Waals surface area contributed by atoms with E-state index in [9.17, 15) is 14.7 Å². The summed E-state index contributed by atoms with van der Waals surface area (Å²) in [4.78, 5) is 24.9. The molecule has 0 aliphatic carbocycles. The Hall–Kier alpha value is -1.08. The van der Waals surface area contributed by atoms with Gasteiger partial charge in [0.25, 0.3) is 0 Å². The number of carbonyl (C=O) groups is 2. The first kappa shape index (κ1) is 23.2. The number of hydrogen-bond acceptors (Lipinski definition) is 4. The number of carbonyl (C=O) groups excluding carboxylic acids is 1. The molecular weight excluding hydrogens is 452 g/mol. The molecule has 28 heavy (non-hydrogen) atoms. The number of amides is 1. The van der Waals surface area contributed by atoms with E-state index in [-0.39, 0.29) is 18.4 Å². The van der Waals surface area contributed by atoms with E-state index in [2.05, 4.69) is 0 Å². The molecule has 156 valence electrons. The van der Waals surface area contributed by atoms with Crippen LogP contribution < -0.4 is 0 Å². The molecule has 1 amide bonds. The fourth-order valence-corrected chi connectivity index (χ4v) is 3.77. The molecule has 6 nitrogen and oxygen atoms in total. The largest absolute Gasteiger partial charge is 0.508 e. The third kappa shape index (κ3) is 6.76. The summed E-state index contributed by atoms with van der Waals surface area (Å²) in [6.07, 6.45) is -1.21. The Kier molecular flexibility index (Phi) is 8.37. The molecule has 0 bridgehead atoms. The van der Waals surface area contributed by atoms with Crippen molar-refractivity contribution in [1.29, 1.82) is 0 Å². The van der Waals surface area contributed by atoms with Crippen molar-refractivity contribution in [3.8, 4) is 0 Å². The minimum Gasteiger partial charge on any atom is -0.465 e. The SMILES string of the molecule is CCCC1CN(C(=O)O)CC(OC(=O)OCC(Cl)(Cl)Cl)C1c1ccc(Cl)cc1. The maximum atomic E-state index is 12.1. The number of nitrogens with zero attached hydrogens (tertiary/aromatic N) is 1. The monoisotopic (exact) mass is 471 g/mol. The number of hydrogen-bond donors (Lipinski definition) is 1. The third-order valence-corrected chi connectivity index (χ3v) is 5.13. The Balaban J connectivity index is 2.26. The maximum Gasteiger partial charge on any atom is 0.508 e. The highest BCUT2D eigenvalue weighted by molar-refractivity contribution is 6.67. The van der Waals surface area contributed by atoms with Crippen molar-refractivity contribution >= 4 is 58.7 Å². The summed E-state index contributed by atoms with van der Waals surface area (Å²) in [5.74, 6) is -0.255. The van der Waals surface area contributed by atoms with Crippen LogP contribution in [0.15, 0.2) is 24.3 Å². The van der Waals surface area contributed by atoms with Gasteiger partial charge in [0.05, 0.1) is 6.54 Å². The Labute approximate surface area is 183 Å². The van der Waals surface area contributed by atoms with Gasteiger partial charge in [0.15, 0.2) is 0 Å². The summed E-state index contributed by atoms with van der Waals surface area (Å²) in [6, 6.07) is 7.22. The van der Waals surface area contributed by atoms with Crippen LogP contribution in [0.1, 0.15) is 31.2 Å². The van der Waals surface area contributed by atoms with E-state index in [1.165, 1.54) is 4.90 Å². The van der Waals surface area contributed by atoms with Gasteiger partial charge in [-0.05, 0) is 30.0 Å². The maximum absolute atomic E-state index is 12.1. The number of alkyl halides is 3. The van der Waals surface area contributed by atoms with Crippen LogP contribution in [0.25, 0.3) is 0 Å². The lowest BCUT2D eigenvalue weighted by molar-refractivity contribution is -0.0282. The zero-order valence-corrected chi connectivity index (χ0v) is 18.1. The molecule has 1 heterocycles. The van der Waals surface area contributed by atoms with Crippen LogP contribution in [0.4, 0.5) is 9.59 Å². The summed E-state index contributed by atoms with van der Waals surface area (Å²) in [6.45, 7) is 1.91. The molecule has 1 aromatic rings. The van der Waals surface area contributed by atoms with Crippen LogP contribution >= 0.6 is 46.4 Å². The van der Waals surface area contributed by atoms with Crippen molar-refractivity contribution in [3.63, 3.8) is 0 Å². The van der Waals surface area contributed by atoms with Crippen LogP contribution in [-0.2, 0) is 9.47 Å². The molecule has 1 aliphatic heterocycles. The molecule has 10 heteroatoms. The van der Waals surface area contributed by atoms with E-state index in [4.69, 9.17) is 55.9 Å². The average molecular weight is 473 g/mol. The standard InChI is InChI=1S/C18H21Cl4NO5/c1-2-3-12-8-23(16(24)25)9-14(28-17(26)27-10-18(20,21)22)15(12)11-4-6-13(19)7-5-11/h4-7,12,14-15H,2-3,8-10H2,1H3,(H,24,25). The molecule has 0 radical (unpaired) electrons. The molecule has 3 atom stereocenters. The fourth-order valence-electron chi connectivity index (χ4n) is 3.48. The van der Waals surface area contributed by atoms with Crippen LogP contribution in [-0.4, -0.2) is 51.8 Å². The van der Waals surface area contributed by atoms with Crippen LogP contribution in [0.3, 0.4) is 0 Å². The van der Waals surface area contributed by atoms with Gasteiger partial charge < -0.3 is 19.5 Å². The van der Waals surface area contributed by atoms with E-state index >= 15 is 0 Å². The van der Waals surface area contributed by atoms with Gasteiger partial charge in [0.1, 0.15) is 12.7 Å². The Morgan fingerprint density at radius 2 is 1.86 bits per heavy atom. The van der Waals surface area contributed by atoms with Gasteiger partial charge >= 0.3 is 12.2 Å². The van der Waals surface area contributed by atoms with Gasteiger partial charge in [0, 0.05) is 17.5 Å². The predicted octanol–water partition coefficient (Wildman–Crippen LogP) is 5.73. The highest BCUT2D eigenvalue weighted by Gasteiger charge is 2.41. The highest BCUT2D eigenvalue weighted by Crippen LogP contribution is 2.38. The number of piperidine rings is 1. The highest BCUT2D eigenvalue weighted by atomic mass is 35.6. The number of rotatable bonds is 5. The molecule has 1 aromatic carbocycles. The fraction of sp³-hybridized carbons (Fsp3) is 0.556. The van der Waals surface area contributed by atoms with Gasteiger partial charge in [-0.15, -0.1) is 0 Å². The average Bonchev–Trinajstić information content (AvgIpc) is 2.60. The van der Waals surface area contributed by atoms with Crippen molar-refractivity contribution in [2.75, 3.05) is 19.7 Å². The lowest BCUT2D eigenvalue weighted by Crippen LogP contribution is -2.51. The van der Waals surface area contributed by atoms with E-state index in [0.717, 1.165) is 18.4 Å². The Morgan fingerprint density at radius 1 is 1.21 bits per heavy atom. The minimum atomic E-state index is -1.76. The van der Waals surface area contributed by atoms with E-state index in [1.807, 2.05) is 19.1 Å². The first-order valence-corrected chi connectivity index (χ1v) is 10.3. The van der Waals surface area contributed by atoms with Gasteiger partial charge in [-0.3, -0.25) is 0 Å². The van der Waals surface area contributed by atoms with Crippen LogP contribution in [0.5, 0.6) is 0 Å². The summed E-state index contributed by atoms with van der Waals surface area (Å²) in [5, 5.41) is 10.0. The number of carboxylic acid groups (broad SMARTS) is 1. The Morgan fingerprint density at radius 3 is 2.39 bits per heavy atom. The zero-order valence-electron chi connectivity index (χ0n) is 15.1. The van der Waals surface area contributed by atoms with Crippen molar-refractivity contribution in [3.05, 3.63) is 34.9 Å². The topological polar surface area (TPSA) is 76.1 Å². The molecular formula is C18H21Cl4NO5. The zero-order chi connectivity index (χ0) is 20.9. The van der Waals surface area contributed by atoms with Crippen molar-refractivity contribution in [2.24, 2.45) is 5.92 Å². The van der Waals surface area contributed by atoms with Crippen molar-refractivity contribution < 1.29 is 24.2 Å². The summed E-state index contributed by atoms with van der Waals surface area (Å²) >= 11 is 22.8. The molecule has 0 aromatic heterocycles. The molecule has 1 saturated heterocycles. The quantitative estimate of drug-likeness (QED) is 0.437. The van der Waals surface area contributed by atoms with E-state index in [0.29, 0.717) is 11.6 Å². The number of likely N-dealkylation sites (tertiary alicyclic amines) is 1. The molecule has 1 aliphatic rings. The molecule has 1 N–H and O–H groups in total. The minimum absolute atomic E-state index is 0.0196. The number of ether oxygens (including phenoxy) is 2. The summed E-state index contributed by atoms with van der Waals surface area (Å²) < 4.78 is 8.56. The first-order valence-electron chi connectivity index (χ1n) is 8.74. The van der Waals surface area contributed by atoms with Gasteiger partial charge in [-0.1, -0.05) is 71.9 Å². The van der Waals surface area contributed by atoms with E-state index in [1.54, 1.807) is 12.1 Å². The number of benzene rings is 1. The normalized spacial score (nSPS) is 22.6. The summed E-state index contributed by atoms with van der Waals surface area (Å²) in [7, 11) is 0. The smallest absolute Gasteiger partial charge is 0.465 e. The first-order chi connectivity index (χ1) is 13.1. The lowest BCUT2D eigenvalue weighted by Gasteiger charge is -2.42. The third-order valence-electron chi connectivity index (χ3n) is 4.55. The molecule has 2 rings (SSSR count). The van der Waals surface area contributed by atoms with Crippen LogP contribution in [0, 0.1) is 5.92 Å². The van der Waals surface area contributed by atoms with E-state index < -0.39 is 28.8 Å². The Bertz CT molecular complexity index is 680. The summed E-state index contributed by atoms with van der Waals surface area (Å²) in [5.41, 5.74) is 0.909. The predicted molar refractivity (Wildman–Crippen MR) is 109 cm³/mol. The van der Waals surface area contributed by atoms with Gasteiger partial charge in [0.2, 0.25) is 3.79 Å². The molecule has 1 fully saturated rings. The molecule has 0 spiro atoms.